The average molecular weight is 614 g/mol. The molecule has 0 fully saturated rings. The number of carbonyl (C=O) groups is 6. The minimum absolute atomic E-state index is 0.0510. The molecule has 0 unspecified atom stereocenters. The minimum atomic E-state index is -1.65. The van der Waals surface area contributed by atoms with E-state index in [4.69, 9.17) is 5.73 Å². The number of carboxylic acid groups (broad SMARTS) is 2. The molecule has 0 aromatic heterocycles. The summed E-state index contributed by atoms with van der Waals surface area (Å²) in [6.45, 7) is 4.49. The van der Waals surface area contributed by atoms with E-state index in [0.29, 0.717) is 11.1 Å². The predicted octanol–water partition coefficient (Wildman–Crippen LogP) is -0.321. The first-order chi connectivity index (χ1) is 20.7. The molecule has 0 aliphatic heterocycles. The van der Waals surface area contributed by atoms with Crippen molar-refractivity contribution in [1.82, 2.24) is 21.3 Å². The van der Waals surface area contributed by atoms with Crippen LogP contribution in [0.1, 0.15) is 38.3 Å². The maximum absolute atomic E-state index is 13.4. The smallest absolute Gasteiger partial charge is 0.326 e. The summed E-state index contributed by atoms with van der Waals surface area (Å²) >= 11 is 0. The van der Waals surface area contributed by atoms with E-state index in [1.54, 1.807) is 56.3 Å². The molecule has 0 aliphatic rings. The van der Waals surface area contributed by atoms with Crippen molar-refractivity contribution in [2.24, 2.45) is 11.7 Å². The molecule has 0 radical (unpaired) electrons. The molecule has 5 atom stereocenters. The fourth-order valence-corrected chi connectivity index (χ4v) is 4.14. The van der Waals surface area contributed by atoms with Crippen LogP contribution in [0, 0.1) is 5.92 Å². The second kappa shape index (κ2) is 16.6. The fourth-order valence-electron chi connectivity index (χ4n) is 4.14. The van der Waals surface area contributed by atoms with Gasteiger partial charge in [0.2, 0.25) is 23.6 Å². The van der Waals surface area contributed by atoms with Gasteiger partial charge in [0.1, 0.15) is 29.9 Å². The molecule has 0 spiro atoms. The fraction of sp³-hybridized carbons (Fsp3) is 0.400. The zero-order valence-corrected chi connectivity index (χ0v) is 24.7. The number of phenolic OH excluding ortho intramolecular Hbond substituents is 1. The molecule has 44 heavy (non-hydrogen) atoms. The highest BCUT2D eigenvalue weighted by molar-refractivity contribution is 5.96. The van der Waals surface area contributed by atoms with Gasteiger partial charge in [-0.1, -0.05) is 56.3 Å². The standard InChI is InChI=1S/C30H39N5O9/c1-16(2)25(30(43)44)35-29(42)23(15-24(37)38)34-28(41)22(14-18-7-5-4-6-8-18)33-26(39)17(3)32-27(40)21(31)13-19-9-11-20(36)12-10-19/h4-12,16-17,21-23,25,36H,13-15,31H2,1-3H3,(H,32,40)(H,33,39)(H,34,41)(H,35,42)(H,37,38)(H,43,44)/t17-,21+,22+,23+,25+/m1/s1. The number of benzene rings is 2. The number of carbonyl (C=O) groups excluding carboxylic acids is 4. The number of hydrogen-bond donors (Lipinski definition) is 8. The Bertz CT molecular complexity index is 1320. The van der Waals surface area contributed by atoms with Crippen LogP contribution in [0.3, 0.4) is 0 Å². The summed E-state index contributed by atoms with van der Waals surface area (Å²) in [4.78, 5) is 75.0. The molecule has 0 heterocycles. The first-order valence-electron chi connectivity index (χ1n) is 13.9. The van der Waals surface area contributed by atoms with Crippen LogP contribution in [0.2, 0.25) is 0 Å². The quantitative estimate of drug-likeness (QED) is 0.123. The Kier molecular flexibility index (Phi) is 13.3. The highest BCUT2D eigenvalue weighted by atomic mass is 16.4. The van der Waals surface area contributed by atoms with Crippen molar-refractivity contribution in [3.63, 3.8) is 0 Å². The molecule has 9 N–H and O–H groups in total. The van der Waals surface area contributed by atoms with E-state index in [9.17, 15) is 44.1 Å². The van der Waals surface area contributed by atoms with Gasteiger partial charge in [0.15, 0.2) is 0 Å². The first kappa shape index (κ1) is 35.2. The summed E-state index contributed by atoms with van der Waals surface area (Å²) in [6.07, 6.45) is -0.768. The largest absolute Gasteiger partial charge is 0.508 e. The number of aromatic hydroxyl groups is 1. The third kappa shape index (κ3) is 11.4. The third-order valence-electron chi connectivity index (χ3n) is 6.64. The van der Waals surface area contributed by atoms with Gasteiger partial charge in [-0.3, -0.25) is 24.0 Å². The molecular formula is C30H39N5O9. The van der Waals surface area contributed by atoms with Crippen LogP contribution >= 0.6 is 0 Å². The molecule has 0 saturated carbocycles. The molecule has 0 saturated heterocycles. The molecule has 14 nitrogen and oxygen atoms in total. The van der Waals surface area contributed by atoms with E-state index in [0.717, 1.165) is 0 Å². The summed E-state index contributed by atoms with van der Waals surface area (Å²) in [5, 5.41) is 37.8. The molecule has 238 valence electrons. The van der Waals surface area contributed by atoms with Crippen LogP contribution < -0.4 is 27.0 Å². The number of carboxylic acids is 2. The maximum atomic E-state index is 13.4. The Hall–Kier alpha value is -4.98. The predicted molar refractivity (Wildman–Crippen MR) is 158 cm³/mol. The summed E-state index contributed by atoms with van der Waals surface area (Å²) in [7, 11) is 0. The van der Waals surface area contributed by atoms with Gasteiger partial charge in [0.05, 0.1) is 12.5 Å². The molecule has 4 amide bonds. The van der Waals surface area contributed by atoms with Crippen molar-refractivity contribution in [2.75, 3.05) is 0 Å². The van der Waals surface area contributed by atoms with E-state index in [-0.39, 0.29) is 18.6 Å². The Morgan fingerprint density at radius 3 is 1.77 bits per heavy atom. The maximum Gasteiger partial charge on any atom is 0.326 e. The van der Waals surface area contributed by atoms with E-state index in [1.807, 2.05) is 0 Å². The van der Waals surface area contributed by atoms with Crippen molar-refractivity contribution >= 4 is 35.6 Å². The Morgan fingerprint density at radius 1 is 0.682 bits per heavy atom. The van der Waals surface area contributed by atoms with Crippen LogP contribution in [-0.2, 0) is 41.6 Å². The molecule has 2 rings (SSSR count). The molecular weight excluding hydrogens is 574 g/mol. The molecule has 0 bridgehead atoms. The zero-order chi connectivity index (χ0) is 33.0. The van der Waals surface area contributed by atoms with Crippen molar-refractivity contribution in [3.05, 3.63) is 65.7 Å². The lowest BCUT2D eigenvalue weighted by atomic mass is 10.0. The third-order valence-corrected chi connectivity index (χ3v) is 6.64. The van der Waals surface area contributed by atoms with Crippen molar-refractivity contribution in [2.45, 2.75) is 70.2 Å². The van der Waals surface area contributed by atoms with Crippen LogP contribution in [0.4, 0.5) is 0 Å². The number of phenols is 1. The van der Waals surface area contributed by atoms with Gasteiger partial charge >= 0.3 is 11.9 Å². The molecule has 14 heteroatoms. The van der Waals surface area contributed by atoms with Gasteiger partial charge in [-0.25, -0.2) is 4.79 Å². The van der Waals surface area contributed by atoms with Gasteiger partial charge < -0.3 is 42.3 Å². The Labute approximate surface area is 254 Å². The zero-order valence-electron chi connectivity index (χ0n) is 24.7. The van der Waals surface area contributed by atoms with E-state index in [2.05, 4.69) is 21.3 Å². The van der Waals surface area contributed by atoms with Gasteiger partial charge in [0, 0.05) is 6.42 Å². The second-order valence-electron chi connectivity index (χ2n) is 10.7. The van der Waals surface area contributed by atoms with E-state index >= 15 is 0 Å². The molecule has 0 aliphatic carbocycles. The van der Waals surface area contributed by atoms with Gasteiger partial charge in [-0.15, -0.1) is 0 Å². The number of aliphatic carboxylic acids is 2. The minimum Gasteiger partial charge on any atom is -0.508 e. The number of rotatable bonds is 16. The van der Waals surface area contributed by atoms with E-state index < -0.39 is 78.1 Å². The Morgan fingerprint density at radius 2 is 1.23 bits per heavy atom. The first-order valence-corrected chi connectivity index (χ1v) is 13.9. The van der Waals surface area contributed by atoms with Crippen LogP contribution in [0.25, 0.3) is 0 Å². The van der Waals surface area contributed by atoms with Gasteiger partial charge in [-0.05, 0) is 42.5 Å². The normalized spacial score (nSPS) is 14.3. The van der Waals surface area contributed by atoms with Crippen molar-refractivity contribution < 1.29 is 44.1 Å². The Balaban J connectivity index is 2.17. The van der Waals surface area contributed by atoms with Gasteiger partial charge in [-0.2, -0.15) is 0 Å². The SMILES string of the molecule is CC(C)[C@H](NC(=O)[C@H](CC(=O)O)NC(=O)[C@H](Cc1ccccc1)NC(=O)[C@@H](C)NC(=O)[C@@H](N)Cc1ccc(O)cc1)C(=O)O. The number of amides is 4. The number of hydrogen-bond acceptors (Lipinski definition) is 8. The summed E-state index contributed by atoms with van der Waals surface area (Å²) < 4.78 is 0. The second-order valence-corrected chi connectivity index (χ2v) is 10.7. The molecule has 2 aromatic rings. The van der Waals surface area contributed by atoms with Crippen molar-refractivity contribution in [3.8, 4) is 5.75 Å². The summed E-state index contributed by atoms with van der Waals surface area (Å²) in [5.41, 5.74) is 7.30. The lowest BCUT2D eigenvalue weighted by Gasteiger charge is -2.26. The van der Waals surface area contributed by atoms with Crippen LogP contribution in [-0.4, -0.2) is 81.1 Å². The average Bonchev–Trinajstić information content (AvgIpc) is 2.95. The van der Waals surface area contributed by atoms with Crippen LogP contribution in [0.15, 0.2) is 54.6 Å². The monoisotopic (exact) mass is 613 g/mol. The van der Waals surface area contributed by atoms with Gasteiger partial charge in [0.25, 0.3) is 0 Å². The lowest BCUT2D eigenvalue weighted by molar-refractivity contribution is -0.144. The number of nitrogens with one attached hydrogen (secondary N) is 4. The van der Waals surface area contributed by atoms with E-state index in [1.165, 1.54) is 19.1 Å². The number of nitrogens with two attached hydrogens (primary N) is 1. The van der Waals surface area contributed by atoms with Crippen molar-refractivity contribution in [1.29, 1.82) is 0 Å². The highest BCUT2D eigenvalue weighted by Crippen LogP contribution is 2.11. The lowest BCUT2D eigenvalue weighted by Crippen LogP contribution is -2.59. The summed E-state index contributed by atoms with van der Waals surface area (Å²) in [5.74, 6) is -6.54. The topological polar surface area (TPSA) is 237 Å². The molecule has 2 aromatic carbocycles. The van der Waals surface area contributed by atoms with Crippen LogP contribution in [0.5, 0.6) is 5.75 Å². The highest BCUT2D eigenvalue weighted by Gasteiger charge is 2.33. The summed E-state index contributed by atoms with van der Waals surface area (Å²) in [6, 6.07) is 8.23.